The maximum atomic E-state index is 17.3. The van der Waals surface area contributed by atoms with E-state index in [0.29, 0.717) is 42.4 Å². The van der Waals surface area contributed by atoms with Crippen molar-refractivity contribution in [2.24, 2.45) is 46.3 Å². The Morgan fingerprint density at radius 1 is 0.917 bits per heavy atom. The summed E-state index contributed by atoms with van der Waals surface area (Å²) in [5.74, 6) is 2.69. The van der Waals surface area contributed by atoms with Crippen LogP contribution >= 0.6 is 0 Å². The number of halogens is 1. The number of carbonyl (C=O) groups is 2. The number of ether oxygens (including phenoxy) is 2. The van der Waals surface area contributed by atoms with E-state index >= 15 is 4.39 Å². The van der Waals surface area contributed by atoms with Crippen molar-refractivity contribution in [2.45, 2.75) is 137 Å². The molecule has 0 heterocycles. The average Bonchev–Trinajstić information content (AvgIpc) is 3.12. The van der Waals surface area contributed by atoms with Gasteiger partial charge in [-0.3, -0.25) is 9.59 Å². The van der Waals surface area contributed by atoms with Crippen molar-refractivity contribution in [3.8, 4) is 0 Å². The smallest absolute Gasteiger partial charge is 0.303 e. The second-order valence-electron chi connectivity index (χ2n) is 14.0. The van der Waals surface area contributed by atoms with E-state index in [2.05, 4.69) is 34.6 Å². The summed E-state index contributed by atoms with van der Waals surface area (Å²) in [6.45, 7) is 14.5. The Kier molecular flexibility index (Phi) is 7.91. The van der Waals surface area contributed by atoms with E-state index < -0.39 is 29.3 Å². The number of rotatable bonds is 7. The van der Waals surface area contributed by atoms with E-state index in [9.17, 15) is 9.59 Å². The first-order chi connectivity index (χ1) is 16.8. The first kappa shape index (κ1) is 27.9. The first-order valence-corrected chi connectivity index (χ1v) is 14.8. The SMILES string of the molecule is CC(=O)O[C@H]1CC[C@]2(C)[C@H]3CC[C@]4(C)[C@@H]([C@H](C)CCCC(C)C)CC[C@H]4[C@@H]3C[C@@H](OC(C)=O)[C@@]2(F)C1. The van der Waals surface area contributed by atoms with E-state index in [4.69, 9.17) is 9.47 Å². The minimum atomic E-state index is -1.66. The van der Waals surface area contributed by atoms with E-state index in [0.717, 1.165) is 24.2 Å². The molecule has 36 heavy (non-hydrogen) atoms. The summed E-state index contributed by atoms with van der Waals surface area (Å²) in [4.78, 5) is 23.8. The molecule has 0 aromatic carbocycles. The van der Waals surface area contributed by atoms with Gasteiger partial charge in [-0.05, 0) is 85.9 Å². The second-order valence-corrected chi connectivity index (χ2v) is 14.0. The Morgan fingerprint density at radius 2 is 1.61 bits per heavy atom. The maximum Gasteiger partial charge on any atom is 0.303 e. The molecule has 0 bridgehead atoms. The van der Waals surface area contributed by atoms with Gasteiger partial charge < -0.3 is 9.47 Å². The van der Waals surface area contributed by atoms with Crippen LogP contribution in [-0.4, -0.2) is 29.8 Å². The van der Waals surface area contributed by atoms with Crippen LogP contribution in [0.15, 0.2) is 0 Å². The largest absolute Gasteiger partial charge is 0.462 e. The van der Waals surface area contributed by atoms with Gasteiger partial charge in [0.05, 0.1) is 0 Å². The summed E-state index contributed by atoms with van der Waals surface area (Å²) >= 11 is 0. The third kappa shape index (κ3) is 4.75. The van der Waals surface area contributed by atoms with Crippen LogP contribution in [0.3, 0.4) is 0 Å². The fraction of sp³-hybridized carbons (Fsp3) is 0.935. The molecule has 4 aliphatic rings. The fourth-order valence-corrected chi connectivity index (χ4v) is 9.87. The van der Waals surface area contributed by atoms with Crippen LogP contribution in [0, 0.1) is 46.3 Å². The van der Waals surface area contributed by atoms with E-state index in [-0.39, 0.29) is 12.4 Å². The van der Waals surface area contributed by atoms with E-state index in [1.165, 1.54) is 52.4 Å². The molecule has 0 radical (unpaired) electrons. The number of alkyl halides is 1. The lowest BCUT2D eigenvalue weighted by atomic mass is 9.42. The maximum absolute atomic E-state index is 17.3. The molecule has 4 rings (SSSR count). The average molecular weight is 507 g/mol. The van der Waals surface area contributed by atoms with E-state index in [1.807, 2.05) is 0 Å². The molecule has 4 nitrogen and oxygen atoms in total. The first-order valence-electron chi connectivity index (χ1n) is 14.8. The second kappa shape index (κ2) is 10.2. The number of carbonyl (C=O) groups excluding carboxylic acids is 2. The summed E-state index contributed by atoms with van der Waals surface area (Å²) in [5, 5.41) is 0. The molecule has 0 aliphatic heterocycles. The number of hydrogen-bond acceptors (Lipinski definition) is 4. The van der Waals surface area contributed by atoms with Gasteiger partial charge in [-0.25, -0.2) is 4.39 Å². The van der Waals surface area contributed by atoms with Crippen molar-refractivity contribution in [3.05, 3.63) is 0 Å². The molecule has 5 heteroatoms. The lowest BCUT2D eigenvalue weighted by Gasteiger charge is -2.64. The Hall–Kier alpha value is -1.13. The minimum absolute atomic E-state index is 0.141. The van der Waals surface area contributed by atoms with Crippen molar-refractivity contribution >= 4 is 11.9 Å². The number of fused-ring (bicyclic) bond motifs is 5. The normalized spacial score (nSPS) is 44.8. The van der Waals surface area contributed by atoms with Crippen LogP contribution in [0.2, 0.25) is 0 Å². The van der Waals surface area contributed by atoms with Crippen molar-refractivity contribution in [3.63, 3.8) is 0 Å². The van der Waals surface area contributed by atoms with Crippen LogP contribution in [0.4, 0.5) is 4.39 Å². The molecule has 0 spiro atoms. The summed E-state index contributed by atoms with van der Waals surface area (Å²) in [6, 6.07) is 0. The van der Waals surface area contributed by atoms with Crippen LogP contribution in [0.1, 0.15) is 119 Å². The molecule has 4 saturated carbocycles. The highest BCUT2D eigenvalue weighted by Gasteiger charge is 2.70. The summed E-state index contributed by atoms with van der Waals surface area (Å²) < 4.78 is 28.6. The van der Waals surface area contributed by atoms with Gasteiger partial charge in [-0.15, -0.1) is 0 Å². The van der Waals surface area contributed by atoms with Gasteiger partial charge in [0.25, 0.3) is 0 Å². The van der Waals surface area contributed by atoms with E-state index in [1.54, 1.807) is 0 Å². The Labute approximate surface area is 218 Å². The Balaban J connectivity index is 1.59. The molecule has 0 saturated heterocycles. The zero-order valence-corrected chi connectivity index (χ0v) is 23.9. The van der Waals surface area contributed by atoms with Crippen molar-refractivity contribution < 1.29 is 23.5 Å². The summed E-state index contributed by atoms with van der Waals surface area (Å²) in [7, 11) is 0. The van der Waals surface area contributed by atoms with Gasteiger partial charge in [-0.2, -0.15) is 0 Å². The standard InChI is InChI=1S/C31H51FO4/c1-19(2)9-8-10-20(3)25-11-12-26-24-17-28(36-22(5)34)31(32)18-23(35-21(4)33)13-16-30(31,7)27(24)14-15-29(25,26)6/h19-20,23-28H,8-18H2,1-7H3/t20-,23+,24+,25-,26+,27+,28-,29-,30-,31+/m1/s1. The number of hydrogen-bond donors (Lipinski definition) is 0. The van der Waals surface area contributed by atoms with Gasteiger partial charge in [0.1, 0.15) is 12.2 Å². The van der Waals surface area contributed by atoms with Gasteiger partial charge >= 0.3 is 11.9 Å². The van der Waals surface area contributed by atoms with Gasteiger partial charge in [-0.1, -0.05) is 53.9 Å². The topological polar surface area (TPSA) is 52.6 Å². The predicted octanol–water partition coefficient (Wildman–Crippen LogP) is 7.67. The quantitative estimate of drug-likeness (QED) is 0.332. The molecule has 206 valence electrons. The van der Waals surface area contributed by atoms with Crippen LogP contribution in [-0.2, 0) is 19.1 Å². The molecule has 0 amide bonds. The molecule has 0 aromatic rings. The van der Waals surface area contributed by atoms with Crippen molar-refractivity contribution in [1.29, 1.82) is 0 Å². The molecule has 0 N–H and O–H groups in total. The zero-order valence-electron chi connectivity index (χ0n) is 23.9. The highest BCUT2D eigenvalue weighted by Crippen LogP contribution is 2.70. The molecular formula is C31H51FO4. The minimum Gasteiger partial charge on any atom is -0.462 e. The third-order valence-corrected chi connectivity index (χ3v) is 11.6. The van der Waals surface area contributed by atoms with Crippen LogP contribution in [0.5, 0.6) is 0 Å². The highest BCUT2D eigenvalue weighted by molar-refractivity contribution is 5.66. The van der Waals surface area contributed by atoms with Crippen LogP contribution < -0.4 is 0 Å². The van der Waals surface area contributed by atoms with Crippen molar-refractivity contribution in [2.75, 3.05) is 0 Å². The Bertz CT molecular complexity index is 827. The molecule has 4 fully saturated rings. The zero-order chi connectivity index (χ0) is 26.5. The lowest BCUT2D eigenvalue weighted by molar-refractivity contribution is -0.243. The third-order valence-electron chi connectivity index (χ3n) is 11.6. The predicted molar refractivity (Wildman–Crippen MR) is 140 cm³/mol. The summed E-state index contributed by atoms with van der Waals surface area (Å²) in [5.41, 5.74) is -1.93. The van der Waals surface area contributed by atoms with Gasteiger partial charge in [0.2, 0.25) is 0 Å². The molecule has 0 unspecified atom stereocenters. The molecule has 4 aliphatic carbocycles. The molecule has 0 aromatic heterocycles. The van der Waals surface area contributed by atoms with Crippen LogP contribution in [0.25, 0.3) is 0 Å². The summed E-state index contributed by atoms with van der Waals surface area (Å²) in [6.07, 6.45) is 9.56. The van der Waals surface area contributed by atoms with Crippen molar-refractivity contribution in [1.82, 2.24) is 0 Å². The molecular weight excluding hydrogens is 455 g/mol. The van der Waals surface area contributed by atoms with Gasteiger partial charge in [0, 0.05) is 25.7 Å². The van der Waals surface area contributed by atoms with Gasteiger partial charge in [0.15, 0.2) is 5.67 Å². The Morgan fingerprint density at radius 3 is 2.25 bits per heavy atom. The monoisotopic (exact) mass is 506 g/mol. The highest BCUT2D eigenvalue weighted by atomic mass is 19.1. The molecule has 10 atom stereocenters. The number of esters is 2. The fourth-order valence-electron chi connectivity index (χ4n) is 9.87. The lowest BCUT2D eigenvalue weighted by Crippen LogP contribution is -2.67.